The Labute approximate surface area is 171 Å². The zero-order chi connectivity index (χ0) is 21.1. The highest BCUT2D eigenvalue weighted by Gasteiger charge is 2.19. The van der Waals surface area contributed by atoms with Gasteiger partial charge in [-0.25, -0.2) is 14.2 Å². The summed E-state index contributed by atoms with van der Waals surface area (Å²) in [6.07, 6.45) is 2.73. The topological polar surface area (TPSA) is 91.7 Å². The summed E-state index contributed by atoms with van der Waals surface area (Å²) in [5.41, 5.74) is 1.49. The van der Waals surface area contributed by atoms with Crippen LogP contribution in [0.5, 0.6) is 11.5 Å². The Morgan fingerprint density at radius 2 is 1.97 bits per heavy atom. The third kappa shape index (κ3) is 4.09. The van der Waals surface area contributed by atoms with Gasteiger partial charge in [-0.05, 0) is 48.9 Å². The molecule has 0 aliphatic carbocycles. The molecule has 0 fully saturated rings. The Morgan fingerprint density at radius 3 is 2.77 bits per heavy atom. The van der Waals surface area contributed by atoms with Crippen molar-refractivity contribution in [3.8, 4) is 17.2 Å². The van der Waals surface area contributed by atoms with E-state index in [2.05, 4.69) is 10.3 Å². The lowest BCUT2D eigenvalue weighted by Gasteiger charge is -2.15. The van der Waals surface area contributed by atoms with Gasteiger partial charge in [0.2, 0.25) is 6.79 Å². The van der Waals surface area contributed by atoms with Crippen molar-refractivity contribution < 1.29 is 28.2 Å². The molecule has 1 N–H and O–H groups in total. The van der Waals surface area contributed by atoms with Crippen LogP contribution in [0.4, 0.5) is 4.39 Å². The van der Waals surface area contributed by atoms with Gasteiger partial charge in [0.05, 0.1) is 18.6 Å². The number of esters is 1. The molecule has 2 aromatic carbocycles. The predicted octanol–water partition coefficient (Wildman–Crippen LogP) is 2.77. The zero-order valence-corrected chi connectivity index (χ0v) is 16.0. The Kier molecular flexibility index (Phi) is 5.34. The SMILES string of the molecule is C[C@@H](NC(=O)COC(=O)c1cncn1-c1ccc(F)cc1)c1ccc2c(c1)OCO2. The van der Waals surface area contributed by atoms with Crippen molar-refractivity contribution in [2.24, 2.45) is 0 Å². The minimum absolute atomic E-state index is 0.123. The molecule has 1 aromatic heterocycles. The molecule has 0 saturated carbocycles. The molecule has 3 aromatic rings. The number of imidazole rings is 1. The summed E-state index contributed by atoms with van der Waals surface area (Å²) >= 11 is 0. The maximum absolute atomic E-state index is 13.1. The van der Waals surface area contributed by atoms with Crippen LogP contribution >= 0.6 is 0 Å². The quantitative estimate of drug-likeness (QED) is 0.627. The molecule has 9 heteroatoms. The number of nitrogens with one attached hydrogen (secondary N) is 1. The smallest absolute Gasteiger partial charge is 0.357 e. The summed E-state index contributed by atoms with van der Waals surface area (Å²) in [6, 6.07) is 10.6. The molecule has 30 heavy (non-hydrogen) atoms. The molecule has 8 nitrogen and oxygen atoms in total. The fourth-order valence-electron chi connectivity index (χ4n) is 3.01. The molecule has 0 unspecified atom stereocenters. The maximum Gasteiger partial charge on any atom is 0.357 e. The summed E-state index contributed by atoms with van der Waals surface area (Å²) in [5.74, 6) is -0.293. The fraction of sp³-hybridized carbons (Fsp3) is 0.190. The Bertz CT molecular complexity index is 1080. The van der Waals surface area contributed by atoms with Crippen molar-refractivity contribution in [1.29, 1.82) is 0 Å². The van der Waals surface area contributed by atoms with Crippen LogP contribution < -0.4 is 14.8 Å². The van der Waals surface area contributed by atoms with Crippen LogP contribution in [0.2, 0.25) is 0 Å². The van der Waals surface area contributed by atoms with Gasteiger partial charge in [0.1, 0.15) is 5.82 Å². The number of halogens is 1. The number of carbonyl (C=O) groups excluding carboxylic acids is 2. The van der Waals surface area contributed by atoms with Crippen molar-refractivity contribution in [2.75, 3.05) is 13.4 Å². The second-order valence-corrected chi connectivity index (χ2v) is 6.60. The minimum atomic E-state index is -0.720. The number of amides is 1. The van der Waals surface area contributed by atoms with Gasteiger partial charge >= 0.3 is 5.97 Å². The number of rotatable bonds is 6. The molecule has 2 heterocycles. The fourth-order valence-corrected chi connectivity index (χ4v) is 3.01. The predicted molar refractivity (Wildman–Crippen MR) is 103 cm³/mol. The highest BCUT2D eigenvalue weighted by molar-refractivity contribution is 5.90. The lowest BCUT2D eigenvalue weighted by atomic mass is 10.1. The van der Waals surface area contributed by atoms with E-state index >= 15 is 0 Å². The van der Waals surface area contributed by atoms with Gasteiger partial charge < -0.3 is 19.5 Å². The summed E-state index contributed by atoms with van der Waals surface area (Å²) in [6.45, 7) is 1.52. The molecule has 1 aliphatic rings. The number of aromatic nitrogens is 2. The minimum Gasteiger partial charge on any atom is -0.454 e. The van der Waals surface area contributed by atoms with Crippen molar-refractivity contribution in [1.82, 2.24) is 14.9 Å². The molecule has 1 aliphatic heterocycles. The number of nitrogens with zero attached hydrogens (tertiary/aromatic N) is 2. The van der Waals surface area contributed by atoms with Gasteiger partial charge in [-0.15, -0.1) is 0 Å². The summed E-state index contributed by atoms with van der Waals surface area (Å²) < 4.78 is 30.3. The lowest BCUT2D eigenvalue weighted by molar-refractivity contribution is -0.124. The first kappa shape index (κ1) is 19.4. The molecule has 0 bridgehead atoms. The van der Waals surface area contributed by atoms with E-state index < -0.39 is 24.3 Å². The van der Waals surface area contributed by atoms with Gasteiger partial charge in [0, 0.05) is 5.69 Å². The van der Waals surface area contributed by atoms with Gasteiger partial charge in [0.15, 0.2) is 23.8 Å². The van der Waals surface area contributed by atoms with Crippen LogP contribution in [0, 0.1) is 5.82 Å². The van der Waals surface area contributed by atoms with E-state index in [9.17, 15) is 14.0 Å². The molecule has 1 atom stereocenters. The van der Waals surface area contributed by atoms with E-state index in [1.165, 1.54) is 41.4 Å². The molecule has 0 spiro atoms. The number of fused-ring (bicyclic) bond motifs is 1. The maximum atomic E-state index is 13.1. The largest absolute Gasteiger partial charge is 0.454 e. The van der Waals surface area contributed by atoms with Crippen LogP contribution in [0.3, 0.4) is 0 Å². The summed E-state index contributed by atoms with van der Waals surface area (Å²) in [4.78, 5) is 28.5. The second-order valence-electron chi connectivity index (χ2n) is 6.60. The number of ether oxygens (including phenoxy) is 3. The van der Waals surface area contributed by atoms with Crippen LogP contribution in [0.1, 0.15) is 29.0 Å². The third-order valence-corrected chi connectivity index (χ3v) is 4.56. The number of benzene rings is 2. The molecule has 4 rings (SSSR count). The first-order valence-corrected chi connectivity index (χ1v) is 9.15. The van der Waals surface area contributed by atoms with E-state index in [0.29, 0.717) is 17.2 Å². The number of hydrogen-bond donors (Lipinski definition) is 1. The molecule has 0 radical (unpaired) electrons. The van der Waals surface area contributed by atoms with Crippen LogP contribution in [0.15, 0.2) is 55.0 Å². The van der Waals surface area contributed by atoms with Gasteiger partial charge in [0.25, 0.3) is 5.91 Å². The molecule has 1 amide bonds. The Morgan fingerprint density at radius 1 is 1.20 bits per heavy atom. The third-order valence-electron chi connectivity index (χ3n) is 4.56. The van der Waals surface area contributed by atoms with E-state index in [1.807, 2.05) is 6.07 Å². The van der Waals surface area contributed by atoms with Crippen LogP contribution in [-0.4, -0.2) is 34.8 Å². The van der Waals surface area contributed by atoms with E-state index in [1.54, 1.807) is 19.1 Å². The van der Waals surface area contributed by atoms with Crippen LogP contribution in [0.25, 0.3) is 5.69 Å². The van der Waals surface area contributed by atoms with E-state index in [-0.39, 0.29) is 18.5 Å². The standard InChI is InChI=1S/C21H18FN3O5/c1-13(14-2-7-18-19(8-14)30-12-29-18)24-20(26)10-28-21(27)17-9-23-11-25(17)16-5-3-15(22)4-6-16/h2-9,11,13H,10,12H2,1H3,(H,24,26)/t13-/m1/s1. The summed E-state index contributed by atoms with van der Waals surface area (Å²) in [5, 5.41) is 2.76. The molecular formula is C21H18FN3O5. The average molecular weight is 411 g/mol. The second kappa shape index (κ2) is 8.24. The normalized spacial score (nSPS) is 13.0. The van der Waals surface area contributed by atoms with Gasteiger partial charge in [-0.1, -0.05) is 6.07 Å². The van der Waals surface area contributed by atoms with Crippen molar-refractivity contribution in [2.45, 2.75) is 13.0 Å². The van der Waals surface area contributed by atoms with E-state index in [0.717, 1.165) is 5.56 Å². The highest BCUT2D eigenvalue weighted by atomic mass is 19.1. The first-order chi connectivity index (χ1) is 14.5. The van der Waals surface area contributed by atoms with Crippen molar-refractivity contribution in [3.05, 3.63) is 72.1 Å². The average Bonchev–Trinajstić information content (AvgIpc) is 3.41. The molecular weight excluding hydrogens is 393 g/mol. The van der Waals surface area contributed by atoms with Gasteiger partial charge in [-0.3, -0.25) is 9.36 Å². The zero-order valence-electron chi connectivity index (χ0n) is 16.0. The first-order valence-electron chi connectivity index (χ1n) is 9.15. The molecule has 0 saturated heterocycles. The van der Waals surface area contributed by atoms with Gasteiger partial charge in [-0.2, -0.15) is 0 Å². The van der Waals surface area contributed by atoms with Crippen LogP contribution in [-0.2, 0) is 9.53 Å². The Hall–Kier alpha value is -3.88. The monoisotopic (exact) mass is 411 g/mol. The number of carbonyl (C=O) groups is 2. The lowest BCUT2D eigenvalue weighted by Crippen LogP contribution is -2.31. The molecule has 154 valence electrons. The number of hydrogen-bond acceptors (Lipinski definition) is 6. The highest BCUT2D eigenvalue weighted by Crippen LogP contribution is 2.34. The Balaban J connectivity index is 1.35. The van der Waals surface area contributed by atoms with E-state index in [4.69, 9.17) is 14.2 Å². The summed E-state index contributed by atoms with van der Waals surface area (Å²) in [7, 11) is 0. The van der Waals surface area contributed by atoms with Crippen molar-refractivity contribution in [3.63, 3.8) is 0 Å². The van der Waals surface area contributed by atoms with Crippen molar-refractivity contribution >= 4 is 11.9 Å².